The minimum atomic E-state index is -4.25. The molecule has 41 heavy (non-hydrogen) atoms. The van der Waals surface area contributed by atoms with Crippen LogP contribution in [0.15, 0.2) is 96.6 Å². The maximum atomic E-state index is 12.8. The number of aromatic nitrogens is 2. The second kappa shape index (κ2) is 11.1. The normalized spacial score (nSPS) is 11.4. The molecule has 210 valence electrons. The van der Waals surface area contributed by atoms with Gasteiger partial charge in [-0.1, -0.05) is 30.3 Å². The molecule has 5 aromatic rings. The van der Waals surface area contributed by atoms with Crippen molar-refractivity contribution >= 4 is 26.5 Å². The number of benzene rings is 3. The number of nitro groups is 1. The summed E-state index contributed by atoms with van der Waals surface area (Å²) in [5.41, 5.74) is 1.56. The fourth-order valence-corrected chi connectivity index (χ4v) is 5.44. The number of nitro benzene ring substituents is 1. The van der Waals surface area contributed by atoms with E-state index in [9.17, 15) is 28.5 Å². The fourth-order valence-electron chi connectivity index (χ4n) is 4.15. The number of hydrogen-bond donors (Lipinski definition) is 0. The fraction of sp³-hybridized carbons (Fsp3) is 0.148. The van der Waals surface area contributed by atoms with Crippen LogP contribution >= 0.6 is 0 Å². The highest BCUT2D eigenvalue weighted by Gasteiger charge is 2.35. The molecule has 0 saturated heterocycles. The first-order valence-corrected chi connectivity index (χ1v) is 13.6. The Morgan fingerprint density at radius 1 is 1.00 bits per heavy atom. The molecule has 0 bridgehead atoms. The summed E-state index contributed by atoms with van der Waals surface area (Å²) < 4.78 is 46.7. The Bertz CT molecular complexity index is 1900. The molecule has 0 aliphatic rings. The van der Waals surface area contributed by atoms with Crippen LogP contribution in [0.25, 0.3) is 11.0 Å². The SMILES string of the molecule is Cc1c(Cc2ccc([N+](=O)[O-])cc2)c(=O)oc2cc(OCCOc3no[n+]([O-])c3S(=O)(=O)c3ccccc3)ccc12. The number of aryl methyl sites for hydroxylation is 1. The Kier molecular flexibility index (Phi) is 7.40. The van der Waals surface area contributed by atoms with E-state index in [0.717, 1.165) is 5.56 Å². The molecule has 0 radical (unpaired) electrons. The second-order valence-corrected chi connectivity index (χ2v) is 10.7. The van der Waals surface area contributed by atoms with Crippen LogP contribution in [-0.2, 0) is 16.3 Å². The number of sulfone groups is 1. The number of fused-ring (bicyclic) bond motifs is 1. The molecule has 2 heterocycles. The first-order valence-electron chi connectivity index (χ1n) is 12.1. The molecule has 0 unspecified atom stereocenters. The van der Waals surface area contributed by atoms with E-state index in [2.05, 4.69) is 9.79 Å². The van der Waals surface area contributed by atoms with Gasteiger partial charge in [0.2, 0.25) is 0 Å². The second-order valence-electron chi connectivity index (χ2n) is 8.81. The predicted octanol–water partition coefficient (Wildman–Crippen LogP) is 3.51. The van der Waals surface area contributed by atoms with Crippen LogP contribution in [0, 0.1) is 22.2 Å². The number of nitrogens with zero attached hydrogens (tertiary/aromatic N) is 3. The molecule has 0 amide bonds. The Hall–Kier alpha value is -5.24. The van der Waals surface area contributed by atoms with Crippen LogP contribution < -0.4 is 20.0 Å². The van der Waals surface area contributed by atoms with Gasteiger partial charge in [0.15, 0.2) is 0 Å². The van der Waals surface area contributed by atoms with Crippen molar-refractivity contribution in [1.29, 1.82) is 0 Å². The van der Waals surface area contributed by atoms with Crippen LogP contribution in [0.3, 0.4) is 0 Å². The summed E-state index contributed by atoms with van der Waals surface area (Å²) in [5.74, 6) is -0.156. The zero-order valence-corrected chi connectivity index (χ0v) is 22.2. The van der Waals surface area contributed by atoms with Gasteiger partial charge < -0.3 is 19.1 Å². The molecule has 5 rings (SSSR count). The zero-order chi connectivity index (χ0) is 29.1. The molecule has 13 nitrogen and oxygen atoms in total. The Labute approximate surface area is 231 Å². The Balaban J connectivity index is 1.26. The van der Waals surface area contributed by atoms with Gasteiger partial charge in [-0.3, -0.25) is 14.7 Å². The van der Waals surface area contributed by atoms with Crippen molar-refractivity contribution in [3.05, 3.63) is 115 Å². The number of rotatable bonds is 10. The third kappa shape index (κ3) is 5.58. The van der Waals surface area contributed by atoms with E-state index in [1.54, 1.807) is 37.3 Å². The lowest BCUT2D eigenvalue weighted by molar-refractivity contribution is -0.832. The average Bonchev–Trinajstić information content (AvgIpc) is 3.34. The van der Waals surface area contributed by atoms with Crippen molar-refractivity contribution in [3.63, 3.8) is 0 Å². The molecule has 0 fully saturated rings. The minimum Gasteiger partial charge on any atom is -0.490 e. The van der Waals surface area contributed by atoms with Gasteiger partial charge in [-0.15, -0.1) is 0 Å². The van der Waals surface area contributed by atoms with Crippen LogP contribution in [0.5, 0.6) is 11.6 Å². The molecule has 0 spiro atoms. The van der Waals surface area contributed by atoms with Gasteiger partial charge in [-0.2, -0.15) is 0 Å². The number of hydrogen-bond acceptors (Lipinski definition) is 11. The lowest BCUT2D eigenvalue weighted by atomic mass is 9.99. The van der Waals surface area contributed by atoms with Crippen LogP contribution in [-0.4, -0.2) is 31.7 Å². The average molecular weight is 580 g/mol. The van der Waals surface area contributed by atoms with E-state index in [-0.39, 0.29) is 35.1 Å². The Morgan fingerprint density at radius 2 is 1.71 bits per heavy atom. The van der Waals surface area contributed by atoms with Gasteiger partial charge in [0.05, 0.1) is 15.0 Å². The lowest BCUT2D eigenvalue weighted by Crippen LogP contribution is -2.31. The standard InChI is InChI=1S/C27H21N3O10S/c1-17-22-12-11-20(16-24(22)39-27(31)23(17)15-18-7-9-19(10-8-18)29(32)33)37-13-14-38-25-26(30(34)40-28-25)41(35,36)21-5-3-2-4-6-21/h2-12,16H,13-15H2,1H3. The largest absolute Gasteiger partial charge is 0.490 e. The van der Waals surface area contributed by atoms with Gasteiger partial charge in [0.1, 0.15) is 24.5 Å². The zero-order valence-electron chi connectivity index (χ0n) is 21.4. The smallest absolute Gasteiger partial charge is 0.415 e. The summed E-state index contributed by atoms with van der Waals surface area (Å²) in [5, 5.41) is 26.2. The lowest BCUT2D eigenvalue weighted by Gasteiger charge is -2.10. The molecule has 0 saturated carbocycles. The molecule has 3 aromatic carbocycles. The molecule has 0 N–H and O–H groups in total. The summed E-state index contributed by atoms with van der Waals surface area (Å²) in [7, 11) is -4.25. The van der Waals surface area contributed by atoms with Crippen molar-refractivity contribution in [1.82, 2.24) is 5.16 Å². The van der Waals surface area contributed by atoms with Crippen molar-refractivity contribution in [3.8, 4) is 11.6 Å². The van der Waals surface area contributed by atoms with E-state index in [0.29, 0.717) is 27.8 Å². The molecular formula is C27H21N3O10S. The van der Waals surface area contributed by atoms with Crippen LogP contribution in [0.2, 0.25) is 0 Å². The maximum absolute atomic E-state index is 12.8. The van der Waals surface area contributed by atoms with Crippen molar-refractivity contribution in [2.24, 2.45) is 0 Å². The van der Waals surface area contributed by atoms with Crippen LogP contribution in [0.4, 0.5) is 5.69 Å². The van der Waals surface area contributed by atoms with Crippen molar-refractivity contribution in [2.75, 3.05) is 13.2 Å². The quantitative estimate of drug-likeness (QED) is 0.0777. The van der Waals surface area contributed by atoms with Crippen LogP contribution in [0.1, 0.15) is 16.7 Å². The molecule has 2 aromatic heterocycles. The van der Waals surface area contributed by atoms with Gasteiger partial charge in [0.25, 0.3) is 15.5 Å². The number of ether oxygens (including phenoxy) is 2. The van der Waals surface area contributed by atoms with Gasteiger partial charge in [-0.25, -0.2) is 13.2 Å². The van der Waals surface area contributed by atoms with E-state index >= 15 is 0 Å². The summed E-state index contributed by atoms with van der Waals surface area (Å²) in [6.07, 6.45) is 0.241. The van der Waals surface area contributed by atoms with Crippen molar-refractivity contribution < 1.29 is 36.8 Å². The highest BCUT2D eigenvalue weighted by atomic mass is 32.2. The van der Waals surface area contributed by atoms with E-state index in [1.165, 1.54) is 42.5 Å². The topological polar surface area (TPSA) is 179 Å². The van der Waals surface area contributed by atoms with Gasteiger partial charge >= 0.3 is 16.5 Å². The maximum Gasteiger partial charge on any atom is 0.415 e. The molecule has 0 atom stereocenters. The summed E-state index contributed by atoms with van der Waals surface area (Å²) in [6.45, 7) is 1.54. The van der Waals surface area contributed by atoms with E-state index in [4.69, 9.17) is 13.9 Å². The highest BCUT2D eigenvalue weighted by molar-refractivity contribution is 7.91. The van der Waals surface area contributed by atoms with Crippen molar-refractivity contribution in [2.45, 2.75) is 23.3 Å². The molecule has 0 aliphatic heterocycles. The van der Waals surface area contributed by atoms with E-state index in [1.807, 2.05) is 0 Å². The third-order valence-electron chi connectivity index (χ3n) is 6.23. The summed E-state index contributed by atoms with van der Waals surface area (Å²) in [6, 6.07) is 18.2. The number of non-ortho nitro benzene ring substituents is 1. The summed E-state index contributed by atoms with van der Waals surface area (Å²) in [4.78, 5) is 22.8. The molecular weight excluding hydrogens is 558 g/mol. The van der Waals surface area contributed by atoms with Gasteiger partial charge in [0, 0.05) is 35.6 Å². The molecule has 14 heteroatoms. The van der Waals surface area contributed by atoms with E-state index < -0.39 is 31.3 Å². The minimum absolute atomic E-state index is 0.0401. The first kappa shape index (κ1) is 27.3. The Morgan fingerprint density at radius 3 is 2.41 bits per heavy atom. The first-order chi connectivity index (χ1) is 19.6. The van der Waals surface area contributed by atoms with Gasteiger partial charge in [-0.05, 0) is 47.2 Å². The third-order valence-corrected chi connectivity index (χ3v) is 7.96. The highest BCUT2D eigenvalue weighted by Crippen LogP contribution is 2.27. The predicted molar refractivity (Wildman–Crippen MR) is 141 cm³/mol. The molecule has 0 aliphatic carbocycles. The summed E-state index contributed by atoms with van der Waals surface area (Å²) >= 11 is 0. The monoisotopic (exact) mass is 579 g/mol.